The molecule has 1 N–H and O–H groups in total. The van der Waals surface area contributed by atoms with Crippen LogP contribution >= 0.6 is 0 Å². The van der Waals surface area contributed by atoms with Gasteiger partial charge in [-0.25, -0.2) is 5.43 Å². The lowest BCUT2D eigenvalue weighted by Gasteiger charge is -2.19. The van der Waals surface area contributed by atoms with Gasteiger partial charge in [-0.2, -0.15) is 5.10 Å². The first-order chi connectivity index (χ1) is 15.2. The Kier molecular flexibility index (Phi) is 5.65. The molecule has 1 fully saturated rings. The molecule has 2 atom stereocenters. The number of nitrogens with one attached hydrogen (secondary N) is 1. The first kappa shape index (κ1) is 21.5. The molecule has 1 amide bonds. The van der Waals surface area contributed by atoms with Crippen LogP contribution in [-0.4, -0.2) is 17.0 Å². The lowest BCUT2D eigenvalue weighted by molar-refractivity contribution is -0.384. The van der Waals surface area contributed by atoms with Gasteiger partial charge in [-0.15, -0.1) is 0 Å². The molecule has 1 saturated carbocycles. The summed E-state index contributed by atoms with van der Waals surface area (Å²) in [5.74, 6) is 0.962. The zero-order valence-corrected chi connectivity index (χ0v) is 18.2. The molecule has 3 aromatic rings. The van der Waals surface area contributed by atoms with Gasteiger partial charge < -0.3 is 4.42 Å². The van der Waals surface area contributed by atoms with Crippen LogP contribution in [0.3, 0.4) is 0 Å². The summed E-state index contributed by atoms with van der Waals surface area (Å²) in [6, 6.07) is 18.1. The van der Waals surface area contributed by atoms with Gasteiger partial charge in [-0.3, -0.25) is 14.9 Å². The molecule has 0 bridgehead atoms. The number of benzene rings is 2. The van der Waals surface area contributed by atoms with E-state index in [0.717, 1.165) is 6.42 Å². The second kappa shape index (κ2) is 8.42. The largest absolute Gasteiger partial charge is 0.455 e. The maximum atomic E-state index is 12.4. The van der Waals surface area contributed by atoms with Crippen molar-refractivity contribution >= 4 is 17.8 Å². The van der Waals surface area contributed by atoms with E-state index in [1.807, 2.05) is 0 Å². The Morgan fingerprint density at radius 1 is 1.16 bits per heavy atom. The number of carbonyl (C=O) groups excluding carboxylic acids is 1. The van der Waals surface area contributed by atoms with E-state index in [-0.39, 0.29) is 28.8 Å². The van der Waals surface area contributed by atoms with E-state index in [9.17, 15) is 14.9 Å². The number of carbonyl (C=O) groups is 1. The number of amides is 1. The third-order valence-corrected chi connectivity index (χ3v) is 5.67. The van der Waals surface area contributed by atoms with Crippen LogP contribution in [0.25, 0.3) is 11.3 Å². The third-order valence-electron chi connectivity index (χ3n) is 5.67. The van der Waals surface area contributed by atoms with E-state index in [4.69, 9.17) is 4.42 Å². The summed E-state index contributed by atoms with van der Waals surface area (Å²) < 4.78 is 5.67. The fourth-order valence-corrected chi connectivity index (χ4v) is 3.68. The molecule has 0 aliphatic heterocycles. The van der Waals surface area contributed by atoms with Crippen molar-refractivity contribution in [1.29, 1.82) is 0 Å². The average Bonchev–Trinajstić information content (AvgIpc) is 3.44. The Morgan fingerprint density at radius 3 is 2.59 bits per heavy atom. The molecule has 1 aliphatic rings. The molecule has 1 heterocycles. The number of rotatable bonds is 6. The highest BCUT2D eigenvalue weighted by atomic mass is 16.6. The Balaban J connectivity index is 1.33. The molecule has 164 valence electrons. The van der Waals surface area contributed by atoms with E-state index in [1.54, 1.807) is 24.3 Å². The Bertz CT molecular complexity index is 1170. The Hall–Kier alpha value is -3.74. The molecule has 0 saturated heterocycles. The first-order valence-corrected chi connectivity index (χ1v) is 10.5. The van der Waals surface area contributed by atoms with Gasteiger partial charge in [-0.05, 0) is 41.0 Å². The quantitative estimate of drug-likeness (QED) is 0.321. The molecule has 32 heavy (non-hydrogen) atoms. The SMILES string of the molecule is CC(C)(C)c1ccc(C2CC2C(=O)NN=Cc2ccc(-c3cccc([N+](=O)[O-])c3)o2)cc1. The maximum absolute atomic E-state index is 12.4. The minimum absolute atomic E-state index is 0.00610. The van der Waals surface area contributed by atoms with Crippen LogP contribution in [0.15, 0.2) is 70.2 Å². The smallest absolute Gasteiger partial charge is 0.270 e. The molecule has 2 unspecified atom stereocenters. The van der Waals surface area contributed by atoms with Gasteiger partial charge in [0.05, 0.1) is 11.1 Å². The van der Waals surface area contributed by atoms with E-state index < -0.39 is 4.92 Å². The molecule has 0 radical (unpaired) electrons. The van der Waals surface area contributed by atoms with Gasteiger partial charge in [0.15, 0.2) is 0 Å². The number of hydrogen-bond acceptors (Lipinski definition) is 5. The maximum Gasteiger partial charge on any atom is 0.270 e. The summed E-state index contributed by atoms with van der Waals surface area (Å²) in [7, 11) is 0. The van der Waals surface area contributed by atoms with Crippen LogP contribution in [0.4, 0.5) is 5.69 Å². The fourth-order valence-electron chi connectivity index (χ4n) is 3.68. The summed E-state index contributed by atoms with van der Waals surface area (Å²) in [4.78, 5) is 22.9. The molecule has 1 aromatic heterocycles. The second-order valence-corrected chi connectivity index (χ2v) is 9.06. The van der Waals surface area contributed by atoms with Crippen molar-refractivity contribution in [2.45, 2.75) is 38.5 Å². The van der Waals surface area contributed by atoms with Crippen molar-refractivity contribution in [3.05, 3.63) is 87.7 Å². The molecule has 0 spiro atoms. The fraction of sp³-hybridized carbons (Fsp3) is 0.280. The van der Waals surface area contributed by atoms with Gasteiger partial charge in [-0.1, -0.05) is 57.2 Å². The van der Waals surface area contributed by atoms with Crippen molar-refractivity contribution < 1.29 is 14.1 Å². The monoisotopic (exact) mass is 431 g/mol. The third kappa shape index (κ3) is 4.77. The highest BCUT2D eigenvalue weighted by molar-refractivity contribution is 5.85. The predicted octanol–water partition coefficient (Wildman–Crippen LogP) is 5.41. The molecule has 7 nitrogen and oxygen atoms in total. The minimum Gasteiger partial charge on any atom is -0.455 e. The van der Waals surface area contributed by atoms with Crippen LogP contribution in [0.1, 0.15) is 50.0 Å². The lowest BCUT2D eigenvalue weighted by Crippen LogP contribution is -2.20. The average molecular weight is 431 g/mol. The number of non-ortho nitro benzene ring substituents is 1. The number of nitrogens with zero attached hydrogens (tertiary/aromatic N) is 2. The molecule has 2 aromatic carbocycles. The van der Waals surface area contributed by atoms with Crippen molar-refractivity contribution in [3.63, 3.8) is 0 Å². The second-order valence-electron chi connectivity index (χ2n) is 9.06. The summed E-state index contributed by atoms with van der Waals surface area (Å²) in [6.45, 7) is 6.54. The van der Waals surface area contributed by atoms with E-state index >= 15 is 0 Å². The normalized spacial score (nSPS) is 18.0. The zero-order chi connectivity index (χ0) is 22.9. The number of furan rings is 1. The highest BCUT2D eigenvalue weighted by Crippen LogP contribution is 2.47. The molecular weight excluding hydrogens is 406 g/mol. The number of nitro benzene ring substituents is 1. The number of nitro groups is 1. The standard InChI is InChI=1S/C25H25N3O4/c1-25(2,3)18-9-7-16(8-10-18)21-14-22(21)24(29)27-26-15-20-11-12-23(32-20)17-5-4-6-19(13-17)28(30)31/h4-13,15,21-22H,14H2,1-3H3,(H,27,29). The van der Waals surface area contributed by atoms with Crippen molar-refractivity contribution in [2.75, 3.05) is 0 Å². The van der Waals surface area contributed by atoms with Gasteiger partial charge in [0.1, 0.15) is 11.5 Å². The summed E-state index contributed by atoms with van der Waals surface area (Å²) >= 11 is 0. The van der Waals surface area contributed by atoms with E-state index in [2.05, 4.69) is 55.6 Å². The summed E-state index contributed by atoms with van der Waals surface area (Å²) in [6.07, 6.45) is 2.24. The van der Waals surface area contributed by atoms with E-state index in [1.165, 1.54) is 29.5 Å². The van der Waals surface area contributed by atoms with Crippen LogP contribution < -0.4 is 5.43 Å². The van der Waals surface area contributed by atoms with Gasteiger partial charge in [0.25, 0.3) is 5.69 Å². The van der Waals surface area contributed by atoms with E-state index in [0.29, 0.717) is 17.1 Å². The highest BCUT2D eigenvalue weighted by Gasteiger charge is 2.44. The number of hydrazone groups is 1. The van der Waals surface area contributed by atoms with Gasteiger partial charge in [0, 0.05) is 23.6 Å². The molecular formula is C25H25N3O4. The molecule has 4 rings (SSSR count). The van der Waals surface area contributed by atoms with Crippen LogP contribution in [0.2, 0.25) is 0 Å². The lowest BCUT2D eigenvalue weighted by atomic mass is 9.86. The summed E-state index contributed by atoms with van der Waals surface area (Å²) in [5, 5.41) is 14.9. The number of hydrogen-bond donors (Lipinski definition) is 1. The van der Waals surface area contributed by atoms with Gasteiger partial charge >= 0.3 is 0 Å². The topological polar surface area (TPSA) is 97.7 Å². The molecule has 1 aliphatic carbocycles. The van der Waals surface area contributed by atoms with Crippen LogP contribution in [0.5, 0.6) is 0 Å². The van der Waals surface area contributed by atoms with Crippen molar-refractivity contribution in [3.8, 4) is 11.3 Å². The Morgan fingerprint density at radius 2 is 1.91 bits per heavy atom. The van der Waals surface area contributed by atoms with Crippen LogP contribution in [-0.2, 0) is 10.2 Å². The van der Waals surface area contributed by atoms with Gasteiger partial charge in [0.2, 0.25) is 5.91 Å². The van der Waals surface area contributed by atoms with Crippen molar-refractivity contribution in [1.82, 2.24) is 5.43 Å². The minimum atomic E-state index is -0.450. The first-order valence-electron chi connectivity index (χ1n) is 10.5. The predicted molar refractivity (Wildman–Crippen MR) is 123 cm³/mol. The molecule has 7 heteroatoms. The summed E-state index contributed by atoms with van der Waals surface area (Å²) in [5.41, 5.74) is 5.73. The zero-order valence-electron chi connectivity index (χ0n) is 18.2. The van der Waals surface area contributed by atoms with Crippen molar-refractivity contribution in [2.24, 2.45) is 11.0 Å². The Labute approximate surface area is 186 Å². The van der Waals surface area contributed by atoms with Crippen LogP contribution in [0, 0.1) is 16.0 Å².